The molecule has 0 bridgehead atoms. The van der Waals surface area contributed by atoms with Gasteiger partial charge < -0.3 is 21.3 Å². The monoisotopic (exact) mass is 643 g/mol. The molecule has 0 unspecified atom stereocenters. The topological polar surface area (TPSA) is 134 Å². The number of anilines is 3. The van der Waals surface area contributed by atoms with E-state index in [1.807, 2.05) is 19.0 Å². The zero-order valence-electron chi connectivity index (χ0n) is 21.2. The summed E-state index contributed by atoms with van der Waals surface area (Å²) in [5.74, 6) is -2.40. The number of carbonyl (C=O) groups excluding carboxylic acids is 1. The number of ketones is 1. The summed E-state index contributed by atoms with van der Waals surface area (Å²) >= 11 is 4.31. The van der Waals surface area contributed by atoms with Gasteiger partial charge in [-0.1, -0.05) is 17.4 Å². The van der Waals surface area contributed by atoms with Crippen LogP contribution in [0.1, 0.15) is 28.1 Å². The molecule has 10 nitrogen and oxygen atoms in total. The van der Waals surface area contributed by atoms with E-state index in [1.54, 1.807) is 6.07 Å². The summed E-state index contributed by atoms with van der Waals surface area (Å²) in [6, 6.07) is 4.58. The Morgan fingerprint density at radius 1 is 1.26 bits per heavy atom. The van der Waals surface area contributed by atoms with Gasteiger partial charge in [0.25, 0.3) is 0 Å². The summed E-state index contributed by atoms with van der Waals surface area (Å²) in [7, 11) is 0.160. The van der Waals surface area contributed by atoms with Gasteiger partial charge in [0.15, 0.2) is 5.13 Å². The maximum absolute atomic E-state index is 14.1. The van der Waals surface area contributed by atoms with E-state index < -0.39 is 33.0 Å². The van der Waals surface area contributed by atoms with Crippen molar-refractivity contribution in [3.05, 3.63) is 57.0 Å². The van der Waals surface area contributed by atoms with Crippen molar-refractivity contribution >= 4 is 59.8 Å². The Bertz CT molecular complexity index is 1440. The van der Waals surface area contributed by atoms with Gasteiger partial charge in [-0.3, -0.25) is 4.79 Å². The van der Waals surface area contributed by atoms with Crippen LogP contribution in [0.5, 0.6) is 0 Å². The number of sulfonamides is 1. The first kappa shape index (κ1) is 29.3. The highest BCUT2D eigenvalue weighted by Crippen LogP contribution is 2.31. The minimum absolute atomic E-state index is 0.0701. The molecule has 1 aromatic carbocycles. The van der Waals surface area contributed by atoms with Crippen molar-refractivity contribution in [3.63, 3.8) is 0 Å². The van der Waals surface area contributed by atoms with E-state index >= 15 is 0 Å². The minimum Gasteiger partial charge on any atom is -0.382 e. The summed E-state index contributed by atoms with van der Waals surface area (Å²) in [6.07, 6.45) is 2.29. The van der Waals surface area contributed by atoms with Gasteiger partial charge in [0.05, 0.1) is 10.0 Å². The van der Waals surface area contributed by atoms with Crippen molar-refractivity contribution in [2.24, 2.45) is 0 Å². The molecular formula is C24H28BrF2N7O3S2. The lowest BCUT2D eigenvalue weighted by molar-refractivity contribution is 0.103. The smallest absolute Gasteiger partial charge is 0.244 e. The molecular weight excluding hydrogens is 616 g/mol. The van der Waals surface area contributed by atoms with Gasteiger partial charge >= 0.3 is 0 Å². The second-order valence-electron chi connectivity index (χ2n) is 9.21. The zero-order valence-corrected chi connectivity index (χ0v) is 24.5. The molecule has 15 heteroatoms. The Morgan fingerprint density at radius 2 is 1.92 bits per heavy atom. The molecule has 1 aliphatic heterocycles. The SMILES string of the molecule is CN(C)CCNc1ncc(S(=O)(=O)N2CCC(Nc3nc(N)c(C(=O)c4c(F)cccc4F)s3)CC2)cc1Br. The zero-order chi connectivity index (χ0) is 28.3. The van der Waals surface area contributed by atoms with E-state index in [4.69, 9.17) is 5.73 Å². The lowest BCUT2D eigenvalue weighted by Gasteiger charge is -2.31. The number of nitrogens with zero attached hydrogens (tertiary/aromatic N) is 4. The molecule has 1 aliphatic rings. The van der Waals surface area contributed by atoms with Gasteiger partial charge in [0, 0.05) is 38.4 Å². The highest BCUT2D eigenvalue weighted by Gasteiger charge is 2.31. The van der Waals surface area contributed by atoms with Crippen LogP contribution < -0.4 is 16.4 Å². The highest BCUT2D eigenvalue weighted by molar-refractivity contribution is 9.10. The fourth-order valence-corrected chi connectivity index (χ4v) is 7.03. The number of hydrogen-bond donors (Lipinski definition) is 3. The number of nitrogens with two attached hydrogens (primary N) is 1. The van der Waals surface area contributed by atoms with Crippen molar-refractivity contribution in [2.75, 3.05) is 56.6 Å². The van der Waals surface area contributed by atoms with Crippen LogP contribution in [0.15, 0.2) is 39.8 Å². The fraction of sp³-hybridized carbons (Fsp3) is 0.375. The standard InChI is InChI=1S/C24H28BrF2N7O3S2/c1-33(2)11-8-29-23-16(25)12-15(13-30-23)39(36,37)34-9-6-14(7-10-34)31-24-32-22(28)21(38-24)20(35)19-17(26)4-3-5-18(19)27/h3-5,12-14H,6-11,28H2,1-2H3,(H,29,30)(H,31,32). The average Bonchev–Trinajstić information content (AvgIpc) is 3.24. The molecule has 210 valence electrons. The Labute approximate surface area is 237 Å². The molecule has 1 saturated heterocycles. The number of nitrogen functional groups attached to an aromatic ring is 1. The van der Waals surface area contributed by atoms with Gasteiger partial charge in [-0.25, -0.2) is 27.2 Å². The number of aromatic nitrogens is 2. The van der Waals surface area contributed by atoms with Crippen LogP contribution in [0, 0.1) is 11.6 Å². The molecule has 4 rings (SSSR count). The number of nitrogens with one attached hydrogen (secondary N) is 2. The van der Waals surface area contributed by atoms with Crippen molar-refractivity contribution in [3.8, 4) is 0 Å². The van der Waals surface area contributed by atoms with E-state index in [1.165, 1.54) is 16.6 Å². The Hall–Kier alpha value is -2.72. The van der Waals surface area contributed by atoms with Crippen LogP contribution in [0.4, 0.5) is 25.5 Å². The number of thiazole rings is 1. The molecule has 1 fully saturated rings. The second kappa shape index (κ2) is 12.2. The van der Waals surface area contributed by atoms with E-state index in [9.17, 15) is 22.0 Å². The summed E-state index contributed by atoms with van der Waals surface area (Å²) in [6.45, 7) is 1.97. The normalized spacial score (nSPS) is 15.0. The summed E-state index contributed by atoms with van der Waals surface area (Å²) < 4.78 is 56.6. The molecule has 2 aromatic heterocycles. The third-order valence-corrected chi connectivity index (χ3v) is 9.61. The van der Waals surface area contributed by atoms with Crippen LogP contribution in [0.2, 0.25) is 0 Å². The highest BCUT2D eigenvalue weighted by atomic mass is 79.9. The maximum atomic E-state index is 14.1. The van der Waals surface area contributed by atoms with Gasteiger partial charge in [-0.2, -0.15) is 4.31 Å². The largest absolute Gasteiger partial charge is 0.382 e. The number of rotatable bonds is 10. The number of likely N-dealkylation sites (N-methyl/N-ethyl adjacent to an activating group) is 1. The maximum Gasteiger partial charge on any atom is 0.244 e. The van der Waals surface area contributed by atoms with E-state index in [-0.39, 0.29) is 34.7 Å². The Balaban J connectivity index is 1.37. The quantitative estimate of drug-likeness (QED) is 0.283. The Kier molecular flexibility index (Phi) is 9.16. The van der Waals surface area contributed by atoms with Crippen LogP contribution >= 0.6 is 27.3 Å². The first-order valence-corrected chi connectivity index (χ1v) is 15.1. The predicted octanol–water partition coefficient (Wildman–Crippen LogP) is 3.63. The van der Waals surface area contributed by atoms with Crippen LogP contribution in [0.3, 0.4) is 0 Å². The molecule has 0 spiro atoms. The van der Waals surface area contributed by atoms with Gasteiger partial charge in [0.2, 0.25) is 15.8 Å². The van der Waals surface area contributed by atoms with Crippen molar-refractivity contribution < 1.29 is 22.0 Å². The molecule has 3 heterocycles. The van der Waals surface area contributed by atoms with Crippen molar-refractivity contribution in [1.82, 2.24) is 19.2 Å². The van der Waals surface area contributed by atoms with E-state index in [0.717, 1.165) is 30.0 Å². The number of piperidine rings is 1. The van der Waals surface area contributed by atoms with Crippen molar-refractivity contribution in [1.29, 1.82) is 0 Å². The molecule has 0 atom stereocenters. The van der Waals surface area contributed by atoms with Gasteiger partial charge in [-0.05, 0) is 61.1 Å². The lowest BCUT2D eigenvalue weighted by Crippen LogP contribution is -2.42. The third kappa shape index (κ3) is 6.72. The number of carbonyl (C=O) groups is 1. The lowest BCUT2D eigenvalue weighted by atomic mass is 10.1. The number of pyridine rings is 1. The number of halogens is 3. The molecule has 0 saturated carbocycles. The van der Waals surface area contributed by atoms with Crippen LogP contribution in [-0.4, -0.2) is 79.7 Å². The molecule has 0 amide bonds. The molecule has 0 radical (unpaired) electrons. The van der Waals surface area contributed by atoms with Crippen molar-refractivity contribution in [2.45, 2.75) is 23.8 Å². The van der Waals surface area contributed by atoms with Crippen LogP contribution in [0.25, 0.3) is 0 Å². The number of hydrogen-bond acceptors (Lipinski definition) is 10. The van der Waals surface area contributed by atoms with Gasteiger partial charge in [0.1, 0.15) is 33.0 Å². The first-order valence-electron chi connectivity index (χ1n) is 12.0. The minimum atomic E-state index is -3.76. The fourth-order valence-electron chi connectivity index (χ4n) is 4.04. The molecule has 4 N–H and O–H groups in total. The Morgan fingerprint density at radius 3 is 2.54 bits per heavy atom. The molecule has 0 aliphatic carbocycles. The van der Waals surface area contributed by atoms with Crippen LogP contribution in [-0.2, 0) is 10.0 Å². The second-order valence-corrected chi connectivity index (χ2v) is 13.0. The summed E-state index contributed by atoms with van der Waals surface area (Å²) in [4.78, 5) is 23.2. The predicted molar refractivity (Wildman–Crippen MR) is 151 cm³/mol. The average molecular weight is 645 g/mol. The van der Waals surface area contributed by atoms with E-state index in [2.05, 4.69) is 36.5 Å². The van der Waals surface area contributed by atoms with Gasteiger partial charge in [-0.15, -0.1) is 0 Å². The first-order chi connectivity index (χ1) is 18.5. The third-order valence-electron chi connectivity index (χ3n) is 6.14. The molecule has 3 aromatic rings. The summed E-state index contributed by atoms with van der Waals surface area (Å²) in [5.41, 5.74) is 5.20. The molecule has 39 heavy (non-hydrogen) atoms. The summed E-state index contributed by atoms with van der Waals surface area (Å²) in [5, 5.41) is 6.66. The van der Waals surface area contributed by atoms with E-state index in [0.29, 0.717) is 34.8 Å². The number of benzene rings is 1.